The first-order valence-electron chi connectivity index (χ1n) is 8.26. The van der Waals surface area contributed by atoms with Crippen molar-refractivity contribution in [1.82, 2.24) is 15.1 Å². The Labute approximate surface area is 136 Å². The van der Waals surface area contributed by atoms with Crippen molar-refractivity contribution in [2.24, 2.45) is 0 Å². The molecular weight excluding hydrogens is 298 g/mol. The summed E-state index contributed by atoms with van der Waals surface area (Å²) in [7, 11) is 0. The third-order valence-electron chi connectivity index (χ3n) is 4.60. The molecule has 1 aliphatic carbocycles. The minimum absolute atomic E-state index is 0.0644. The molecule has 0 spiro atoms. The van der Waals surface area contributed by atoms with E-state index in [0.29, 0.717) is 11.2 Å². The summed E-state index contributed by atoms with van der Waals surface area (Å²) in [6, 6.07) is 0.485. The summed E-state index contributed by atoms with van der Waals surface area (Å²) in [5.74, 6) is -0.150. The predicted octanol–water partition coefficient (Wildman–Crippen LogP) is 3.15. The van der Waals surface area contributed by atoms with Gasteiger partial charge in [0.25, 0.3) is 0 Å². The Bertz CT molecular complexity index is 534. The van der Waals surface area contributed by atoms with E-state index in [1.807, 2.05) is 0 Å². The predicted molar refractivity (Wildman–Crippen MR) is 86.2 cm³/mol. The number of ether oxygens (including phenoxy) is 1. The highest BCUT2D eigenvalue weighted by atomic mass is 32.1. The topological polar surface area (TPSA) is 55.3 Å². The van der Waals surface area contributed by atoms with Crippen molar-refractivity contribution in [3.63, 3.8) is 0 Å². The van der Waals surface area contributed by atoms with E-state index in [0.717, 1.165) is 24.4 Å². The molecule has 1 aliphatic heterocycles. The van der Waals surface area contributed by atoms with E-state index in [1.54, 1.807) is 0 Å². The van der Waals surface area contributed by atoms with Crippen LogP contribution in [0, 0.1) is 0 Å². The van der Waals surface area contributed by atoms with Crippen molar-refractivity contribution < 1.29 is 9.53 Å². The van der Waals surface area contributed by atoms with E-state index in [1.165, 1.54) is 37.0 Å². The lowest BCUT2D eigenvalue weighted by Crippen LogP contribution is -2.53. The van der Waals surface area contributed by atoms with Crippen molar-refractivity contribution in [3.8, 4) is 5.19 Å². The normalized spacial score (nSPS) is 24.0. The van der Waals surface area contributed by atoms with Crippen molar-refractivity contribution >= 4 is 17.3 Å². The second kappa shape index (κ2) is 6.24. The van der Waals surface area contributed by atoms with Gasteiger partial charge in [0.1, 0.15) is 11.0 Å². The Balaban J connectivity index is 1.66. The van der Waals surface area contributed by atoms with Crippen LogP contribution in [0.1, 0.15) is 64.3 Å². The summed E-state index contributed by atoms with van der Waals surface area (Å²) in [6.07, 6.45) is 6.92. The molecule has 1 atom stereocenters. The number of likely N-dealkylation sites (tertiary alicyclic amines) is 1. The Morgan fingerprint density at radius 2 is 1.95 bits per heavy atom. The van der Waals surface area contributed by atoms with E-state index in [4.69, 9.17) is 4.74 Å². The zero-order valence-corrected chi connectivity index (χ0v) is 14.5. The molecular formula is C16H25N3O2S. The van der Waals surface area contributed by atoms with Gasteiger partial charge in [-0.05, 0) is 32.2 Å². The molecule has 2 aliphatic rings. The van der Waals surface area contributed by atoms with Crippen LogP contribution in [0.3, 0.4) is 0 Å². The van der Waals surface area contributed by atoms with E-state index >= 15 is 0 Å². The quantitative estimate of drug-likeness (QED) is 0.800. The Hall–Kier alpha value is -1.01. The second-order valence-corrected chi connectivity index (χ2v) is 8.32. The number of aromatic nitrogens is 2. The number of esters is 1. The molecule has 122 valence electrons. The zero-order valence-electron chi connectivity index (χ0n) is 13.7. The fourth-order valence-electron chi connectivity index (χ4n) is 3.07. The number of nitrogens with zero attached hydrogens (tertiary/aromatic N) is 3. The van der Waals surface area contributed by atoms with E-state index < -0.39 is 0 Å². The maximum atomic E-state index is 12.6. The van der Waals surface area contributed by atoms with Crippen LogP contribution in [0.2, 0.25) is 0 Å². The van der Waals surface area contributed by atoms with Crippen molar-refractivity contribution in [1.29, 1.82) is 0 Å². The van der Waals surface area contributed by atoms with Crippen LogP contribution in [0.5, 0.6) is 5.19 Å². The smallest absolute Gasteiger partial charge is 0.330 e. The fourth-order valence-corrected chi connectivity index (χ4v) is 3.83. The highest BCUT2D eigenvalue weighted by Gasteiger charge is 2.37. The molecule has 1 saturated heterocycles. The highest BCUT2D eigenvalue weighted by Crippen LogP contribution is 2.32. The van der Waals surface area contributed by atoms with Gasteiger partial charge in [-0.25, -0.2) is 4.79 Å². The van der Waals surface area contributed by atoms with Crippen LogP contribution >= 0.6 is 11.3 Å². The SMILES string of the molecule is CC(C)(C)c1nnc(OC(=O)C2CCCCN2C2CCC2)s1. The molecule has 0 bridgehead atoms. The maximum Gasteiger partial charge on any atom is 0.330 e. The lowest BCUT2D eigenvalue weighted by Gasteiger charge is -2.43. The summed E-state index contributed by atoms with van der Waals surface area (Å²) in [5, 5.41) is 9.45. The first kappa shape index (κ1) is 15.9. The molecule has 1 unspecified atom stereocenters. The lowest BCUT2D eigenvalue weighted by atomic mass is 9.87. The summed E-state index contributed by atoms with van der Waals surface area (Å²) in [5.41, 5.74) is -0.0644. The van der Waals surface area contributed by atoms with Gasteiger partial charge in [0.05, 0.1) is 0 Å². The third-order valence-corrected chi connectivity index (χ3v) is 5.82. The molecule has 5 nitrogen and oxygen atoms in total. The third kappa shape index (κ3) is 3.33. The maximum absolute atomic E-state index is 12.6. The lowest BCUT2D eigenvalue weighted by molar-refractivity contribution is -0.144. The number of carbonyl (C=O) groups is 1. The molecule has 22 heavy (non-hydrogen) atoms. The Morgan fingerprint density at radius 1 is 1.18 bits per heavy atom. The van der Waals surface area contributed by atoms with Crippen LogP contribution in [0.4, 0.5) is 0 Å². The van der Waals surface area contributed by atoms with Gasteiger partial charge < -0.3 is 4.74 Å². The summed E-state index contributed by atoms with van der Waals surface area (Å²) >= 11 is 1.38. The fraction of sp³-hybridized carbons (Fsp3) is 0.812. The highest BCUT2D eigenvalue weighted by molar-refractivity contribution is 7.13. The average molecular weight is 323 g/mol. The van der Waals surface area contributed by atoms with E-state index in [-0.39, 0.29) is 17.4 Å². The van der Waals surface area contributed by atoms with Crippen LogP contribution in [0.15, 0.2) is 0 Å². The Morgan fingerprint density at radius 3 is 2.55 bits per heavy atom. The van der Waals surface area contributed by atoms with Gasteiger partial charge in [-0.3, -0.25) is 4.90 Å². The Kier molecular flexibility index (Phi) is 4.50. The molecule has 2 heterocycles. The van der Waals surface area contributed by atoms with Gasteiger partial charge in [0, 0.05) is 11.5 Å². The summed E-state index contributed by atoms with van der Waals surface area (Å²) in [6.45, 7) is 7.27. The molecule has 0 N–H and O–H groups in total. The van der Waals surface area contributed by atoms with Gasteiger partial charge in [-0.15, -0.1) is 5.10 Å². The molecule has 0 amide bonds. The molecule has 0 aromatic carbocycles. The molecule has 1 aromatic heterocycles. The van der Waals surface area contributed by atoms with Crippen molar-refractivity contribution in [2.75, 3.05) is 6.54 Å². The molecule has 3 rings (SSSR count). The first-order chi connectivity index (χ1) is 10.4. The summed E-state index contributed by atoms with van der Waals surface area (Å²) in [4.78, 5) is 14.9. The molecule has 6 heteroatoms. The monoisotopic (exact) mass is 323 g/mol. The van der Waals surface area contributed by atoms with E-state index in [2.05, 4.69) is 35.9 Å². The van der Waals surface area contributed by atoms with Gasteiger partial charge in [-0.2, -0.15) is 0 Å². The average Bonchev–Trinajstić information content (AvgIpc) is 2.86. The van der Waals surface area contributed by atoms with Gasteiger partial charge in [0.15, 0.2) is 0 Å². The molecule has 1 aromatic rings. The zero-order chi connectivity index (χ0) is 15.7. The van der Waals surface area contributed by atoms with Crippen LogP contribution in [0.25, 0.3) is 0 Å². The van der Waals surface area contributed by atoms with Gasteiger partial charge in [-0.1, -0.05) is 50.0 Å². The molecule has 1 saturated carbocycles. The first-order valence-corrected chi connectivity index (χ1v) is 9.08. The van der Waals surface area contributed by atoms with Crippen LogP contribution < -0.4 is 4.74 Å². The standard InChI is InChI=1S/C16H25N3O2S/c1-16(2,3)14-17-18-15(22-14)21-13(20)12-9-4-5-10-19(12)11-7-6-8-11/h11-12H,4-10H2,1-3H3. The van der Waals surface area contributed by atoms with Gasteiger partial charge in [0.2, 0.25) is 0 Å². The summed E-state index contributed by atoms with van der Waals surface area (Å²) < 4.78 is 5.54. The molecule has 0 radical (unpaired) electrons. The second-order valence-electron chi connectivity index (χ2n) is 7.38. The van der Waals surface area contributed by atoms with Crippen molar-refractivity contribution in [2.45, 2.75) is 76.8 Å². The minimum Gasteiger partial charge on any atom is -0.395 e. The largest absolute Gasteiger partial charge is 0.395 e. The van der Waals surface area contributed by atoms with Gasteiger partial charge >= 0.3 is 11.2 Å². The number of piperidine rings is 1. The van der Waals surface area contributed by atoms with Crippen LogP contribution in [-0.4, -0.2) is 39.7 Å². The number of rotatable bonds is 3. The van der Waals surface area contributed by atoms with Crippen molar-refractivity contribution in [3.05, 3.63) is 5.01 Å². The number of hydrogen-bond donors (Lipinski definition) is 0. The minimum atomic E-state index is -0.150. The molecule has 2 fully saturated rings. The number of carbonyl (C=O) groups excluding carboxylic acids is 1. The van der Waals surface area contributed by atoms with E-state index in [9.17, 15) is 4.79 Å². The number of hydrogen-bond acceptors (Lipinski definition) is 6. The van der Waals surface area contributed by atoms with Crippen LogP contribution in [-0.2, 0) is 10.2 Å².